The lowest BCUT2D eigenvalue weighted by Gasteiger charge is -1.99. The maximum atomic E-state index is 13.2. The number of thiazole rings is 1. The summed E-state index contributed by atoms with van der Waals surface area (Å²) in [6.45, 7) is 1.76. The number of aryl methyl sites for hydroxylation is 2. The van der Waals surface area contributed by atoms with Gasteiger partial charge in [0.15, 0.2) is 0 Å². The van der Waals surface area contributed by atoms with E-state index in [0.717, 1.165) is 29.1 Å². The molecule has 1 heterocycles. The molecule has 0 aliphatic rings. The third kappa shape index (κ3) is 3.05. The zero-order valence-electron chi connectivity index (χ0n) is 9.54. The van der Waals surface area contributed by atoms with Crippen LogP contribution in [0.25, 0.3) is 10.6 Å². The molecule has 17 heavy (non-hydrogen) atoms. The van der Waals surface area contributed by atoms with Crippen LogP contribution in [0.3, 0.4) is 0 Å². The summed E-state index contributed by atoms with van der Waals surface area (Å²) in [6, 6.07) is 5.09. The van der Waals surface area contributed by atoms with Crippen LogP contribution in [-0.4, -0.2) is 10.9 Å². The minimum atomic E-state index is -0.173. The van der Waals surface area contributed by atoms with Gasteiger partial charge in [0.05, 0.1) is 5.69 Å². The van der Waals surface area contributed by atoms with E-state index in [1.54, 1.807) is 24.3 Å². The lowest BCUT2D eigenvalue weighted by molar-refractivity contribution is 0.619. The maximum absolute atomic E-state index is 13.2. The van der Waals surface area contributed by atoms with E-state index in [-0.39, 0.29) is 5.82 Å². The molecule has 0 saturated carbocycles. The highest BCUT2D eigenvalue weighted by Gasteiger charge is 2.06. The van der Waals surface area contributed by atoms with Crippen molar-refractivity contribution in [3.63, 3.8) is 0 Å². The second-order valence-corrected chi connectivity index (χ2v) is 5.14. The van der Waals surface area contributed by atoms with Gasteiger partial charge < -0.3 is 0 Å². The molecule has 90 valence electrons. The van der Waals surface area contributed by atoms with Crippen molar-refractivity contribution < 1.29 is 4.39 Å². The highest BCUT2D eigenvalue weighted by atomic mass is 35.5. The largest absolute Gasteiger partial charge is 0.241 e. The van der Waals surface area contributed by atoms with Crippen LogP contribution >= 0.6 is 22.9 Å². The lowest BCUT2D eigenvalue weighted by atomic mass is 10.1. The zero-order valence-corrected chi connectivity index (χ0v) is 11.1. The van der Waals surface area contributed by atoms with Gasteiger partial charge in [0.25, 0.3) is 0 Å². The Hall–Kier alpha value is -0.930. The van der Waals surface area contributed by atoms with Gasteiger partial charge in [0, 0.05) is 16.8 Å². The van der Waals surface area contributed by atoms with Crippen LogP contribution in [0.4, 0.5) is 4.39 Å². The molecule has 0 aliphatic carbocycles. The van der Waals surface area contributed by atoms with Gasteiger partial charge in [-0.25, -0.2) is 9.37 Å². The quantitative estimate of drug-likeness (QED) is 0.749. The van der Waals surface area contributed by atoms with Crippen LogP contribution in [0.15, 0.2) is 23.6 Å². The van der Waals surface area contributed by atoms with Gasteiger partial charge in [-0.1, -0.05) is 0 Å². The Morgan fingerprint density at radius 3 is 2.94 bits per heavy atom. The highest BCUT2D eigenvalue weighted by Crippen LogP contribution is 2.25. The molecule has 4 heteroatoms. The molecular formula is C13H13ClFNS. The van der Waals surface area contributed by atoms with E-state index in [2.05, 4.69) is 4.98 Å². The smallest absolute Gasteiger partial charge is 0.126 e. The van der Waals surface area contributed by atoms with Crippen molar-refractivity contribution in [3.05, 3.63) is 40.7 Å². The molecule has 1 aromatic heterocycles. The number of hydrogen-bond donors (Lipinski definition) is 0. The molecule has 0 N–H and O–H groups in total. The molecular weight excluding hydrogens is 257 g/mol. The summed E-state index contributed by atoms with van der Waals surface area (Å²) in [4.78, 5) is 4.53. The number of aromatic nitrogens is 1. The van der Waals surface area contributed by atoms with Crippen LogP contribution in [0, 0.1) is 12.7 Å². The molecule has 0 amide bonds. The zero-order chi connectivity index (χ0) is 12.3. The summed E-state index contributed by atoms with van der Waals surface area (Å²) < 4.78 is 13.2. The summed E-state index contributed by atoms with van der Waals surface area (Å²) >= 11 is 7.24. The molecule has 0 bridgehead atoms. The molecule has 0 aliphatic heterocycles. The van der Waals surface area contributed by atoms with Crippen molar-refractivity contribution in [1.29, 1.82) is 0 Å². The van der Waals surface area contributed by atoms with Gasteiger partial charge >= 0.3 is 0 Å². The fourth-order valence-corrected chi connectivity index (χ4v) is 2.56. The Labute approximate surface area is 109 Å². The van der Waals surface area contributed by atoms with Crippen LogP contribution in [0.1, 0.15) is 17.7 Å². The molecule has 0 atom stereocenters. The third-order valence-electron chi connectivity index (χ3n) is 2.52. The Morgan fingerprint density at radius 2 is 2.24 bits per heavy atom. The number of rotatable bonds is 4. The molecule has 2 aromatic rings. The van der Waals surface area contributed by atoms with Gasteiger partial charge in [-0.05, 0) is 43.5 Å². The van der Waals surface area contributed by atoms with E-state index in [1.165, 1.54) is 6.07 Å². The van der Waals surface area contributed by atoms with Crippen LogP contribution in [0.2, 0.25) is 0 Å². The lowest BCUT2D eigenvalue weighted by Crippen LogP contribution is -1.87. The van der Waals surface area contributed by atoms with Gasteiger partial charge in [-0.3, -0.25) is 0 Å². The Kier molecular flexibility index (Phi) is 4.13. The van der Waals surface area contributed by atoms with Crippen molar-refractivity contribution in [1.82, 2.24) is 4.98 Å². The molecule has 1 aromatic carbocycles. The summed E-state index contributed by atoms with van der Waals surface area (Å²) in [7, 11) is 0. The average Bonchev–Trinajstić information content (AvgIpc) is 2.79. The summed E-state index contributed by atoms with van der Waals surface area (Å²) in [5.74, 6) is 0.482. The Bertz CT molecular complexity index is 510. The molecule has 0 saturated heterocycles. The van der Waals surface area contributed by atoms with Crippen molar-refractivity contribution >= 4 is 22.9 Å². The highest BCUT2D eigenvalue weighted by molar-refractivity contribution is 7.13. The normalized spacial score (nSPS) is 10.8. The second-order valence-electron chi connectivity index (χ2n) is 3.90. The summed E-state index contributed by atoms with van der Waals surface area (Å²) in [6.07, 6.45) is 1.84. The molecule has 0 spiro atoms. The van der Waals surface area contributed by atoms with Gasteiger partial charge in [0.1, 0.15) is 10.8 Å². The standard InChI is InChI=1S/C13H13ClFNS/c1-9-7-10(4-5-12(9)15)13-16-11(8-17-13)3-2-6-14/h4-5,7-8H,2-3,6H2,1H3. The maximum Gasteiger partial charge on any atom is 0.126 e. The number of alkyl halides is 1. The molecule has 0 fully saturated rings. The van der Waals surface area contributed by atoms with E-state index in [0.29, 0.717) is 11.4 Å². The topological polar surface area (TPSA) is 12.9 Å². The van der Waals surface area contributed by atoms with Crippen LogP contribution in [0.5, 0.6) is 0 Å². The van der Waals surface area contributed by atoms with Crippen LogP contribution < -0.4 is 0 Å². The van der Waals surface area contributed by atoms with Gasteiger partial charge in [-0.15, -0.1) is 22.9 Å². The SMILES string of the molecule is Cc1cc(-c2nc(CCCCl)cs2)ccc1F. The molecule has 0 unspecified atom stereocenters. The van der Waals surface area contributed by atoms with Crippen molar-refractivity contribution in [2.75, 3.05) is 5.88 Å². The minimum absolute atomic E-state index is 0.173. The first-order valence-electron chi connectivity index (χ1n) is 5.47. The first kappa shape index (κ1) is 12.5. The van der Waals surface area contributed by atoms with E-state index >= 15 is 0 Å². The number of hydrogen-bond acceptors (Lipinski definition) is 2. The van der Waals surface area contributed by atoms with E-state index in [4.69, 9.17) is 11.6 Å². The second kappa shape index (κ2) is 5.61. The fraction of sp³-hybridized carbons (Fsp3) is 0.308. The number of halogens is 2. The predicted molar refractivity (Wildman–Crippen MR) is 71.3 cm³/mol. The van der Waals surface area contributed by atoms with E-state index in [1.807, 2.05) is 11.4 Å². The monoisotopic (exact) mass is 269 g/mol. The first-order chi connectivity index (χ1) is 8.20. The first-order valence-corrected chi connectivity index (χ1v) is 6.89. The van der Waals surface area contributed by atoms with Gasteiger partial charge in [0.2, 0.25) is 0 Å². The summed E-state index contributed by atoms with van der Waals surface area (Å²) in [5, 5.41) is 2.98. The van der Waals surface area contributed by atoms with Crippen molar-refractivity contribution in [3.8, 4) is 10.6 Å². The Balaban J connectivity index is 2.21. The number of benzene rings is 1. The minimum Gasteiger partial charge on any atom is -0.241 e. The van der Waals surface area contributed by atoms with E-state index < -0.39 is 0 Å². The molecule has 2 rings (SSSR count). The van der Waals surface area contributed by atoms with Crippen molar-refractivity contribution in [2.24, 2.45) is 0 Å². The molecule has 0 radical (unpaired) electrons. The van der Waals surface area contributed by atoms with Gasteiger partial charge in [-0.2, -0.15) is 0 Å². The van der Waals surface area contributed by atoms with E-state index in [9.17, 15) is 4.39 Å². The average molecular weight is 270 g/mol. The fourth-order valence-electron chi connectivity index (χ4n) is 1.58. The molecule has 1 nitrogen and oxygen atoms in total. The predicted octanol–water partition coefficient (Wildman–Crippen LogP) is 4.43. The third-order valence-corrected chi connectivity index (χ3v) is 3.73. The Morgan fingerprint density at radius 1 is 1.41 bits per heavy atom. The van der Waals surface area contributed by atoms with Crippen molar-refractivity contribution in [2.45, 2.75) is 19.8 Å². The van der Waals surface area contributed by atoms with Crippen LogP contribution in [-0.2, 0) is 6.42 Å². The number of nitrogens with zero attached hydrogens (tertiary/aromatic N) is 1. The summed E-state index contributed by atoms with van der Waals surface area (Å²) in [5.41, 5.74) is 2.69.